The fourth-order valence-corrected chi connectivity index (χ4v) is 2.26. The van der Waals surface area contributed by atoms with Crippen LogP contribution in [0.15, 0.2) is 6.07 Å². The van der Waals surface area contributed by atoms with Gasteiger partial charge in [0.1, 0.15) is 17.4 Å². The summed E-state index contributed by atoms with van der Waals surface area (Å²) in [6.45, 7) is 6.71. The lowest BCUT2D eigenvalue weighted by Crippen LogP contribution is -2.44. The SMILES string of the molecule is COc1cc(CC(NC(=O)OC(C)(C)C)C(=O)O)c(O)c(OC)c1C. The van der Waals surface area contributed by atoms with Gasteiger partial charge in [0.05, 0.1) is 14.2 Å². The highest BCUT2D eigenvalue weighted by molar-refractivity contribution is 5.80. The van der Waals surface area contributed by atoms with E-state index < -0.39 is 23.7 Å². The topological polar surface area (TPSA) is 114 Å². The van der Waals surface area contributed by atoms with Crippen LogP contribution in [-0.4, -0.2) is 48.1 Å². The van der Waals surface area contributed by atoms with Crippen molar-refractivity contribution in [1.82, 2.24) is 5.32 Å². The standard InChI is InChI=1S/C17H25NO7/c1-9-12(23-5)8-10(13(19)14(9)24-6)7-11(15(20)21)18-16(22)25-17(2,3)4/h8,11,19H,7H2,1-6H3,(H,18,22)(H,20,21). The summed E-state index contributed by atoms with van der Waals surface area (Å²) >= 11 is 0. The van der Waals surface area contributed by atoms with E-state index in [1.54, 1.807) is 27.7 Å². The first-order chi connectivity index (χ1) is 11.5. The first kappa shape index (κ1) is 20.4. The number of carbonyl (C=O) groups is 2. The number of methoxy groups -OCH3 is 2. The fraction of sp³-hybridized carbons (Fsp3) is 0.529. The molecule has 0 saturated carbocycles. The van der Waals surface area contributed by atoms with Gasteiger partial charge in [-0.15, -0.1) is 0 Å². The average molecular weight is 355 g/mol. The van der Waals surface area contributed by atoms with Crippen molar-refractivity contribution in [2.75, 3.05) is 14.2 Å². The quantitative estimate of drug-likeness (QED) is 0.717. The second-order valence-electron chi connectivity index (χ2n) is 6.49. The maximum atomic E-state index is 11.8. The molecule has 0 saturated heterocycles. The number of benzene rings is 1. The Morgan fingerprint density at radius 3 is 2.28 bits per heavy atom. The minimum Gasteiger partial charge on any atom is -0.504 e. The molecule has 1 aromatic rings. The van der Waals surface area contributed by atoms with E-state index in [0.29, 0.717) is 11.3 Å². The van der Waals surface area contributed by atoms with Crippen molar-refractivity contribution in [2.24, 2.45) is 0 Å². The van der Waals surface area contributed by atoms with Gasteiger partial charge in [0, 0.05) is 17.5 Å². The number of alkyl carbamates (subject to hydrolysis) is 1. The molecule has 1 unspecified atom stereocenters. The van der Waals surface area contributed by atoms with Crippen molar-refractivity contribution in [2.45, 2.75) is 45.8 Å². The molecule has 1 atom stereocenters. The van der Waals surface area contributed by atoms with Crippen molar-refractivity contribution in [3.8, 4) is 17.2 Å². The van der Waals surface area contributed by atoms with Crippen LogP contribution in [0.1, 0.15) is 31.9 Å². The van der Waals surface area contributed by atoms with Crippen LogP contribution in [-0.2, 0) is 16.0 Å². The zero-order valence-corrected chi connectivity index (χ0v) is 15.3. The van der Waals surface area contributed by atoms with Crippen LogP contribution >= 0.6 is 0 Å². The Labute approximate surface area is 146 Å². The van der Waals surface area contributed by atoms with Crippen molar-refractivity contribution in [1.29, 1.82) is 0 Å². The molecule has 0 aliphatic carbocycles. The number of nitrogens with one attached hydrogen (secondary N) is 1. The lowest BCUT2D eigenvalue weighted by molar-refractivity contribution is -0.139. The van der Waals surface area contributed by atoms with Gasteiger partial charge in [-0.1, -0.05) is 0 Å². The molecular formula is C17H25NO7. The van der Waals surface area contributed by atoms with Crippen LogP contribution in [0.4, 0.5) is 4.79 Å². The monoisotopic (exact) mass is 355 g/mol. The Kier molecular flexibility index (Phi) is 6.49. The van der Waals surface area contributed by atoms with E-state index >= 15 is 0 Å². The van der Waals surface area contributed by atoms with Gasteiger partial charge in [0.15, 0.2) is 11.5 Å². The molecule has 0 bridgehead atoms. The minimum absolute atomic E-state index is 0.173. The number of hydrogen-bond acceptors (Lipinski definition) is 6. The number of carboxylic acid groups (broad SMARTS) is 1. The van der Waals surface area contributed by atoms with Crippen molar-refractivity contribution >= 4 is 12.1 Å². The highest BCUT2D eigenvalue weighted by Crippen LogP contribution is 2.39. The predicted molar refractivity (Wildman–Crippen MR) is 90.4 cm³/mol. The fourth-order valence-electron chi connectivity index (χ4n) is 2.26. The third-order valence-electron chi connectivity index (χ3n) is 3.37. The average Bonchev–Trinajstić information content (AvgIpc) is 2.47. The molecule has 3 N–H and O–H groups in total. The molecule has 8 nitrogen and oxygen atoms in total. The lowest BCUT2D eigenvalue weighted by atomic mass is 10.0. The third kappa shape index (κ3) is 5.44. The van der Waals surface area contributed by atoms with Crippen LogP contribution in [0.2, 0.25) is 0 Å². The van der Waals surface area contributed by atoms with E-state index in [2.05, 4.69) is 5.32 Å². The largest absolute Gasteiger partial charge is 0.504 e. The second kappa shape index (κ2) is 7.96. The number of hydrogen-bond donors (Lipinski definition) is 3. The number of aromatic hydroxyl groups is 1. The zero-order valence-electron chi connectivity index (χ0n) is 15.3. The maximum Gasteiger partial charge on any atom is 0.408 e. The number of phenols is 1. The first-order valence-corrected chi connectivity index (χ1v) is 7.65. The summed E-state index contributed by atoms with van der Waals surface area (Å²) < 4.78 is 15.4. The zero-order chi connectivity index (χ0) is 19.4. The molecule has 0 aliphatic heterocycles. The van der Waals surface area contributed by atoms with E-state index in [4.69, 9.17) is 14.2 Å². The Morgan fingerprint density at radius 2 is 1.84 bits per heavy atom. The number of carboxylic acids is 1. The smallest absolute Gasteiger partial charge is 0.408 e. The molecule has 1 rings (SSSR count). The Balaban J connectivity index is 3.10. The van der Waals surface area contributed by atoms with Crippen LogP contribution < -0.4 is 14.8 Å². The first-order valence-electron chi connectivity index (χ1n) is 7.65. The summed E-state index contributed by atoms with van der Waals surface area (Å²) in [6, 6.07) is 0.220. The number of amides is 1. The maximum absolute atomic E-state index is 11.8. The Bertz CT molecular complexity index is 649. The molecule has 1 amide bonds. The van der Waals surface area contributed by atoms with E-state index in [0.717, 1.165) is 0 Å². The van der Waals surface area contributed by atoms with E-state index in [1.807, 2.05) is 0 Å². The van der Waals surface area contributed by atoms with Crippen LogP contribution in [0.3, 0.4) is 0 Å². The molecule has 1 aromatic carbocycles. The predicted octanol–water partition coefficient (Wildman–Crippen LogP) is 2.24. The summed E-state index contributed by atoms with van der Waals surface area (Å²) in [5, 5.41) is 22.0. The highest BCUT2D eigenvalue weighted by atomic mass is 16.6. The van der Waals surface area contributed by atoms with Gasteiger partial charge in [-0.3, -0.25) is 0 Å². The molecule has 0 spiro atoms. The summed E-state index contributed by atoms with van der Waals surface area (Å²) in [7, 11) is 2.84. The number of rotatable bonds is 6. The van der Waals surface area contributed by atoms with Crippen LogP contribution in [0, 0.1) is 6.92 Å². The number of phenolic OH excluding ortho intramolecular Hbond substituents is 1. The molecule has 140 valence electrons. The summed E-state index contributed by atoms with van der Waals surface area (Å²) in [5.74, 6) is -0.830. The molecule has 0 heterocycles. The number of aliphatic carboxylic acids is 1. The Hall–Kier alpha value is -2.64. The van der Waals surface area contributed by atoms with Crippen LogP contribution in [0.5, 0.6) is 17.2 Å². The van der Waals surface area contributed by atoms with Gasteiger partial charge in [-0.05, 0) is 33.8 Å². The molecule has 0 aliphatic rings. The number of ether oxygens (including phenoxy) is 3. The molecule has 0 radical (unpaired) electrons. The van der Waals surface area contributed by atoms with E-state index in [-0.39, 0.29) is 23.5 Å². The molecule has 25 heavy (non-hydrogen) atoms. The van der Waals surface area contributed by atoms with Gasteiger partial charge in [-0.2, -0.15) is 0 Å². The summed E-state index contributed by atoms with van der Waals surface area (Å²) in [5.41, 5.74) is 0.0898. The second-order valence-corrected chi connectivity index (χ2v) is 6.49. The Morgan fingerprint density at radius 1 is 1.24 bits per heavy atom. The summed E-state index contributed by atoms with van der Waals surface area (Å²) in [4.78, 5) is 23.3. The van der Waals surface area contributed by atoms with Crippen LogP contribution in [0.25, 0.3) is 0 Å². The van der Waals surface area contributed by atoms with E-state index in [1.165, 1.54) is 20.3 Å². The molecular weight excluding hydrogens is 330 g/mol. The minimum atomic E-state index is -1.29. The third-order valence-corrected chi connectivity index (χ3v) is 3.37. The van der Waals surface area contributed by atoms with Gasteiger partial charge < -0.3 is 29.7 Å². The highest BCUT2D eigenvalue weighted by Gasteiger charge is 2.27. The lowest BCUT2D eigenvalue weighted by Gasteiger charge is -2.22. The molecule has 0 aromatic heterocycles. The number of carbonyl (C=O) groups excluding carboxylic acids is 1. The normalized spacial score (nSPS) is 12.2. The van der Waals surface area contributed by atoms with Gasteiger partial charge in [0.25, 0.3) is 0 Å². The van der Waals surface area contributed by atoms with Crippen molar-refractivity contribution in [3.05, 3.63) is 17.2 Å². The van der Waals surface area contributed by atoms with E-state index in [9.17, 15) is 19.8 Å². The molecule has 0 fully saturated rings. The summed E-state index contributed by atoms with van der Waals surface area (Å²) in [6.07, 6.45) is -1.03. The molecule has 8 heteroatoms. The van der Waals surface area contributed by atoms with Gasteiger partial charge >= 0.3 is 12.1 Å². The van der Waals surface area contributed by atoms with Gasteiger partial charge in [-0.25, -0.2) is 9.59 Å². The van der Waals surface area contributed by atoms with Gasteiger partial charge in [0.2, 0.25) is 0 Å². The van der Waals surface area contributed by atoms with Crippen molar-refractivity contribution < 1.29 is 34.0 Å². The van der Waals surface area contributed by atoms with Crippen molar-refractivity contribution in [3.63, 3.8) is 0 Å².